The zero-order valence-electron chi connectivity index (χ0n) is 15.1. The van der Waals surface area contributed by atoms with Gasteiger partial charge in [-0.3, -0.25) is 15.0 Å². The van der Waals surface area contributed by atoms with Gasteiger partial charge in [-0.2, -0.15) is 0 Å². The largest absolute Gasteiger partial charge is 0.335 e. The number of carbonyl (C=O) groups excluding carboxylic acids is 2. The molecule has 138 valence electrons. The number of nitrogens with zero attached hydrogens (tertiary/aromatic N) is 1. The highest BCUT2D eigenvalue weighted by atomic mass is 19.1. The minimum absolute atomic E-state index is 0.0437. The summed E-state index contributed by atoms with van der Waals surface area (Å²) in [4.78, 5) is 26.1. The average Bonchev–Trinajstić information content (AvgIpc) is 2.60. The number of hydrogen-bond acceptors (Lipinski definition) is 3. The fraction of sp³-hybridized carbons (Fsp3) is 0.579. The van der Waals surface area contributed by atoms with E-state index in [0.717, 1.165) is 31.2 Å². The normalized spacial score (nSPS) is 16.5. The van der Waals surface area contributed by atoms with Gasteiger partial charge in [0, 0.05) is 12.1 Å². The average molecular weight is 349 g/mol. The van der Waals surface area contributed by atoms with Crippen LogP contribution in [0.4, 0.5) is 9.18 Å². The molecule has 0 spiro atoms. The molecule has 0 saturated heterocycles. The Balaban J connectivity index is 1.83. The van der Waals surface area contributed by atoms with Crippen LogP contribution in [0.15, 0.2) is 24.3 Å². The van der Waals surface area contributed by atoms with E-state index in [-0.39, 0.29) is 30.4 Å². The number of benzene rings is 1. The van der Waals surface area contributed by atoms with Gasteiger partial charge in [-0.25, -0.2) is 9.18 Å². The van der Waals surface area contributed by atoms with Crippen LogP contribution >= 0.6 is 0 Å². The fourth-order valence-corrected chi connectivity index (χ4v) is 3.29. The summed E-state index contributed by atoms with van der Waals surface area (Å²) in [5.41, 5.74) is 0.933. The van der Waals surface area contributed by atoms with Gasteiger partial charge >= 0.3 is 6.03 Å². The van der Waals surface area contributed by atoms with Crippen molar-refractivity contribution in [2.45, 2.75) is 58.0 Å². The molecule has 2 N–H and O–H groups in total. The molecule has 0 radical (unpaired) electrons. The molecule has 0 bridgehead atoms. The van der Waals surface area contributed by atoms with Gasteiger partial charge in [0.15, 0.2) is 0 Å². The second-order valence-corrected chi connectivity index (χ2v) is 6.65. The number of halogens is 1. The van der Waals surface area contributed by atoms with Crippen LogP contribution in [0.5, 0.6) is 0 Å². The number of likely N-dealkylation sites (N-methyl/N-ethyl adjacent to an activating group) is 1. The fourth-order valence-electron chi connectivity index (χ4n) is 3.29. The number of nitrogens with one attached hydrogen (secondary N) is 2. The van der Waals surface area contributed by atoms with E-state index in [1.165, 1.54) is 18.6 Å². The van der Waals surface area contributed by atoms with Crippen LogP contribution in [0.3, 0.4) is 0 Å². The summed E-state index contributed by atoms with van der Waals surface area (Å²) in [6.07, 6.45) is 5.41. The summed E-state index contributed by atoms with van der Waals surface area (Å²) in [5.74, 6) is -0.611. The van der Waals surface area contributed by atoms with E-state index in [9.17, 15) is 14.0 Å². The van der Waals surface area contributed by atoms with Crippen molar-refractivity contribution in [1.29, 1.82) is 0 Å². The Labute approximate surface area is 149 Å². The number of imide groups is 1. The Kier molecular flexibility index (Phi) is 7.37. The van der Waals surface area contributed by atoms with Crippen LogP contribution in [0.25, 0.3) is 0 Å². The topological polar surface area (TPSA) is 61.4 Å². The lowest BCUT2D eigenvalue weighted by Crippen LogP contribution is -2.48. The summed E-state index contributed by atoms with van der Waals surface area (Å²) in [5, 5.41) is 5.29. The molecule has 1 saturated carbocycles. The summed E-state index contributed by atoms with van der Waals surface area (Å²) in [7, 11) is 0. The molecular weight excluding hydrogens is 321 g/mol. The monoisotopic (exact) mass is 349 g/mol. The second kappa shape index (κ2) is 9.51. The second-order valence-electron chi connectivity index (χ2n) is 6.65. The van der Waals surface area contributed by atoms with Crippen molar-refractivity contribution < 1.29 is 14.0 Å². The van der Waals surface area contributed by atoms with Crippen LogP contribution in [0.2, 0.25) is 0 Å². The van der Waals surface area contributed by atoms with Gasteiger partial charge in [0.05, 0.1) is 6.54 Å². The van der Waals surface area contributed by atoms with E-state index >= 15 is 0 Å². The zero-order chi connectivity index (χ0) is 18.2. The maximum absolute atomic E-state index is 13.1. The molecule has 25 heavy (non-hydrogen) atoms. The molecule has 1 aromatic rings. The number of hydrogen-bond donors (Lipinski definition) is 2. The molecule has 1 aromatic carbocycles. The Morgan fingerprint density at radius 2 is 1.84 bits per heavy atom. The standard InChI is InChI=1S/C19H28FN3O2/c1-3-23(14(2)15-9-11-16(20)12-10-15)13-18(24)22-19(25)21-17-7-5-4-6-8-17/h9-12,14,17H,3-8,13H2,1-2H3,(H2,21,22,24,25). The Morgan fingerprint density at radius 3 is 2.44 bits per heavy atom. The molecule has 1 aliphatic rings. The quantitative estimate of drug-likeness (QED) is 0.828. The van der Waals surface area contributed by atoms with Gasteiger partial charge in [-0.15, -0.1) is 0 Å². The van der Waals surface area contributed by atoms with Crippen LogP contribution in [0, 0.1) is 5.82 Å². The molecule has 1 aliphatic carbocycles. The SMILES string of the molecule is CCN(CC(=O)NC(=O)NC1CCCCC1)C(C)c1ccc(F)cc1. The third-order valence-electron chi connectivity index (χ3n) is 4.85. The first-order chi connectivity index (χ1) is 12.0. The first-order valence-electron chi connectivity index (χ1n) is 9.09. The minimum atomic E-state index is -0.414. The number of rotatable bonds is 6. The third-order valence-corrected chi connectivity index (χ3v) is 4.85. The van der Waals surface area contributed by atoms with Gasteiger partial charge in [-0.05, 0) is 44.0 Å². The lowest BCUT2D eigenvalue weighted by atomic mass is 9.96. The summed E-state index contributed by atoms with van der Waals surface area (Å²) >= 11 is 0. The van der Waals surface area contributed by atoms with Gasteiger partial charge in [-0.1, -0.05) is 38.3 Å². The Hall–Kier alpha value is -1.95. The molecule has 3 amide bonds. The van der Waals surface area contributed by atoms with E-state index in [4.69, 9.17) is 0 Å². The maximum atomic E-state index is 13.1. The Morgan fingerprint density at radius 1 is 1.20 bits per heavy atom. The van der Waals surface area contributed by atoms with E-state index in [0.29, 0.717) is 6.54 Å². The van der Waals surface area contributed by atoms with Gasteiger partial charge in [0.1, 0.15) is 5.82 Å². The van der Waals surface area contributed by atoms with Gasteiger partial charge in [0.2, 0.25) is 5.91 Å². The van der Waals surface area contributed by atoms with Crippen molar-refractivity contribution >= 4 is 11.9 Å². The molecule has 5 nitrogen and oxygen atoms in total. The molecule has 2 rings (SSSR count). The first kappa shape index (κ1) is 19.4. The lowest BCUT2D eigenvalue weighted by Gasteiger charge is -2.28. The smallest absolute Gasteiger partial charge is 0.321 e. The third kappa shape index (κ3) is 6.12. The highest BCUT2D eigenvalue weighted by Gasteiger charge is 2.20. The van der Waals surface area contributed by atoms with Crippen LogP contribution < -0.4 is 10.6 Å². The predicted octanol–water partition coefficient (Wildman–Crippen LogP) is 3.37. The zero-order valence-corrected chi connectivity index (χ0v) is 15.1. The Bertz CT molecular complexity index is 571. The summed E-state index contributed by atoms with van der Waals surface area (Å²) in [6.45, 7) is 4.69. The molecule has 1 fully saturated rings. The van der Waals surface area contributed by atoms with Gasteiger partial charge in [0.25, 0.3) is 0 Å². The molecule has 1 atom stereocenters. The molecule has 0 heterocycles. The summed E-state index contributed by atoms with van der Waals surface area (Å²) in [6, 6.07) is 5.98. The highest BCUT2D eigenvalue weighted by molar-refractivity contribution is 5.95. The van der Waals surface area contributed by atoms with Crippen molar-refractivity contribution in [3.05, 3.63) is 35.6 Å². The lowest BCUT2D eigenvalue weighted by molar-refractivity contribution is -0.121. The van der Waals surface area contributed by atoms with Crippen molar-refractivity contribution in [2.75, 3.05) is 13.1 Å². The molecule has 6 heteroatoms. The predicted molar refractivity (Wildman–Crippen MR) is 95.6 cm³/mol. The maximum Gasteiger partial charge on any atom is 0.321 e. The molecular formula is C19H28FN3O2. The van der Waals surface area contributed by atoms with Crippen LogP contribution in [-0.2, 0) is 4.79 Å². The van der Waals surface area contributed by atoms with E-state index in [1.807, 2.05) is 18.7 Å². The van der Waals surface area contributed by atoms with Crippen molar-refractivity contribution in [3.8, 4) is 0 Å². The van der Waals surface area contributed by atoms with Crippen LogP contribution in [0.1, 0.15) is 57.6 Å². The first-order valence-corrected chi connectivity index (χ1v) is 9.09. The molecule has 0 aliphatic heterocycles. The molecule has 1 unspecified atom stereocenters. The summed E-state index contributed by atoms with van der Waals surface area (Å²) < 4.78 is 13.1. The number of amides is 3. The van der Waals surface area contributed by atoms with Crippen molar-refractivity contribution in [3.63, 3.8) is 0 Å². The van der Waals surface area contributed by atoms with Crippen molar-refractivity contribution in [1.82, 2.24) is 15.5 Å². The van der Waals surface area contributed by atoms with E-state index in [1.54, 1.807) is 12.1 Å². The minimum Gasteiger partial charge on any atom is -0.335 e. The number of urea groups is 1. The van der Waals surface area contributed by atoms with Crippen molar-refractivity contribution in [2.24, 2.45) is 0 Å². The number of carbonyl (C=O) groups is 2. The van der Waals surface area contributed by atoms with E-state index < -0.39 is 6.03 Å². The molecule has 0 aromatic heterocycles. The highest BCUT2D eigenvalue weighted by Crippen LogP contribution is 2.20. The van der Waals surface area contributed by atoms with E-state index in [2.05, 4.69) is 10.6 Å². The van der Waals surface area contributed by atoms with Gasteiger partial charge < -0.3 is 5.32 Å². The van der Waals surface area contributed by atoms with Crippen LogP contribution in [-0.4, -0.2) is 36.0 Å².